The molecule has 1 aromatic rings. The van der Waals surface area contributed by atoms with Gasteiger partial charge in [0, 0.05) is 19.2 Å². The lowest BCUT2D eigenvalue weighted by Gasteiger charge is -2.06. The molecule has 0 unspecified atom stereocenters. The molecule has 0 amide bonds. The van der Waals surface area contributed by atoms with E-state index in [2.05, 4.69) is 11.9 Å². The first-order valence-electron chi connectivity index (χ1n) is 5.97. The first-order valence-corrected chi connectivity index (χ1v) is 5.97. The molecule has 0 aromatic heterocycles. The summed E-state index contributed by atoms with van der Waals surface area (Å²) in [4.78, 5) is 9.71. The van der Waals surface area contributed by atoms with Gasteiger partial charge in [0.15, 0.2) is 0 Å². The van der Waals surface area contributed by atoms with Gasteiger partial charge >= 0.3 is 5.69 Å². The minimum Gasteiger partial charge on any atom is -0.380 e. The summed E-state index contributed by atoms with van der Waals surface area (Å²) in [7, 11) is 0. The van der Waals surface area contributed by atoms with Crippen LogP contribution in [0, 0.1) is 15.9 Å². The third-order valence-electron chi connectivity index (χ3n) is 2.43. The van der Waals surface area contributed by atoms with Crippen LogP contribution in [0.25, 0.3) is 0 Å². The van der Waals surface area contributed by atoms with Crippen LogP contribution >= 0.6 is 0 Å². The Morgan fingerprint density at radius 3 is 2.89 bits per heavy atom. The topological polar surface area (TPSA) is 64.4 Å². The number of hydrogen-bond acceptors (Lipinski definition) is 4. The van der Waals surface area contributed by atoms with E-state index >= 15 is 0 Å². The van der Waals surface area contributed by atoms with Crippen molar-refractivity contribution in [2.75, 3.05) is 19.8 Å². The van der Waals surface area contributed by atoms with Crippen molar-refractivity contribution >= 4 is 5.69 Å². The number of rotatable bonds is 9. The summed E-state index contributed by atoms with van der Waals surface area (Å²) in [5.74, 6) is -0.813. The van der Waals surface area contributed by atoms with Gasteiger partial charge in [-0.05, 0) is 18.1 Å². The highest BCUT2D eigenvalue weighted by Crippen LogP contribution is 2.17. The van der Waals surface area contributed by atoms with Crippen molar-refractivity contribution < 1.29 is 14.1 Å². The van der Waals surface area contributed by atoms with Crippen LogP contribution in [0.15, 0.2) is 30.9 Å². The van der Waals surface area contributed by atoms with Crippen molar-refractivity contribution in [1.82, 2.24) is 5.32 Å². The van der Waals surface area contributed by atoms with Gasteiger partial charge in [0.2, 0.25) is 5.82 Å². The molecule has 0 heterocycles. The molecule has 6 heteroatoms. The molecule has 0 aliphatic rings. The molecule has 0 bridgehead atoms. The smallest absolute Gasteiger partial charge is 0.304 e. The van der Waals surface area contributed by atoms with Gasteiger partial charge < -0.3 is 10.1 Å². The zero-order valence-electron chi connectivity index (χ0n) is 10.6. The predicted octanol–water partition coefficient (Wildman–Crippen LogP) is 2.42. The Morgan fingerprint density at radius 2 is 2.26 bits per heavy atom. The molecule has 0 fully saturated rings. The highest BCUT2D eigenvalue weighted by molar-refractivity contribution is 5.34. The lowest BCUT2D eigenvalue weighted by atomic mass is 10.2. The average molecular weight is 268 g/mol. The molecule has 0 aliphatic carbocycles. The third kappa shape index (κ3) is 5.58. The summed E-state index contributed by atoms with van der Waals surface area (Å²) in [6.45, 7) is 5.86. The number of benzene rings is 1. The van der Waals surface area contributed by atoms with E-state index in [1.807, 2.05) is 0 Å². The second-order valence-corrected chi connectivity index (χ2v) is 3.91. The van der Waals surface area contributed by atoms with Gasteiger partial charge in [0.1, 0.15) is 0 Å². The first-order chi connectivity index (χ1) is 9.15. The second-order valence-electron chi connectivity index (χ2n) is 3.91. The average Bonchev–Trinajstić information content (AvgIpc) is 2.37. The molecule has 5 nitrogen and oxygen atoms in total. The Bertz CT molecular complexity index is 438. The molecule has 1 N–H and O–H groups in total. The summed E-state index contributed by atoms with van der Waals surface area (Å²) in [5.41, 5.74) is 0.158. The summed E-state index contributed by atoms with van der Waals surface area (Å²) in [6, 6.07) is 3.88. The number of nitrogens with one attached hydrogen (secondary N) is 1. The fourth-order valence-electron chi connectivity index (χ4n) is 1.45. The highest BCUT2D eigenvalue weighted by Gasteiger charge is 2.13. The Hall–Kier alpha value is -1.79. The van der Waals surface area contributed by atoms with Gasteiger partial charge in [0.25, 0.3) is 0 Å². The molecule has 1 aromatic carbocycles. The van der Waals surface area contributed by atoms with Gasteiger partial charge in [-0.25, -0.2) is 0 Å². The van der Waals surface area contributed by atoms with Gasteiger partial charge in [-0.15, -0.1) is 6.58 Å². The van der Waals surface area contributed by atoms with E-state index in [1.165, 1.54) is 18.2 Å². The van der Waals surface area contributed by atoms with E-state index in [1.54, 1.807) is 6.08 Å². The lowest BCUT2D eigenvalue weighted by Crippen LogP contribution is -2.19. The van der Waals surface area contributed by atoms with Gasteiger partial charge in [-0.3, -0.25) is 10.1 Å². The number of halogens is 1. The van der Waals surface area contributed by atoms with E-state index < -0.39 is 16.4 Å². The molecular formula is C13H17FN2O3. The van der Waals surface area contributed by atoms with Crippen LogP contribution in [-0.2, 0) is 11.3 Å². The van der Waals surface area contributed by atoms with E-state index in [4.69, 9.17) is 4.74 Å². The van der Waals surface area contributed by atoms with Gasteiger partial charge in [0.05, 0.1) is 18.1 Å². The molecule has 0 atom stereocenters. The van der Waals surface area contributed by atoms with E-state index in [0.717, 1.165) is 6.42 Å². The Morgan fingerprint density at radius 1 is 1.47 bits per heavy atom. The minimum absolute atomic E-state index is 0.444. The fourth-order valence-corrected chi connectivity index (χ4v) is 1.45. The summed E-state index contributed by atoms with van der Waals surface area (Å²) >= 11 is 0. The van der Waals surface area contributed by atoms with Crippen LogP contribution in [0.4, 0.5) is 10.1 Å². The van der Waals surface area contributed by atoms with Crippen LogP contribution < -0.4 is 5.32 Å². The van der Waals surface area contributed by atoms with Gasteiger partial charge in [-0.2, -0.15) is 4.39 Å². The van der Waals surface area contributed by atoms with Crippen LogP contribution in [-0.4, -0.2) is 24.7 Å². The number of nitrogens with zero attached hydrogens (tertiary/aromatic N) is 1. The molecule has 0 radical (unpaired) electrons. The maximum Gasteiger partial charge on any atom is 0.304 e. The van der Waals surface area contributed by atoms with Gasteiger partial charge in [-0.1, -0.05) is 12.1 Å². The number of nitro groups is 1. The number of nitro benzene ring substituents is 1. The fraction of sp³-hybridized carbons (Fsp3) is 0.385. The minimum atomic E-state index is -0.813. The Balaban J connectivity index is 2.28. The zero-order valence-corrected chi connectivity index (χ0v) is 10.6. The van der Waals surface area contributed by atoms with Crippen molar-refractivity contribution in [3.05, 3.63) is 52.3 Å². The SMILES string of the molecule is C=CCCOCCNCc1ccc([N+](=O)[O-])c(F)c1. The highest BCUT2D eigenvalue weighted by atomic mass is 19.1. The van der Waals surface area contributed by atoms with Crippen LogP contribution in [0.2, 0.25) is 0 Å². The zero-order chi connectivity index (χ0) is 14.1. The molecule has 0 saturated heterocycles. The molecule has 104 valence electrons. The quantitative estimate of drug-likeness (QED) is 0.323. The summed E-state index contributed by atoms with van der Waals surface area (Å²) < 4.78 is 18.6. The van der Waals surface area contributed by atoms with Crippen molar-refractivity contribution in [3.8, 4) is 0 Å². The molecule has 0 saturated carbocycles. The second kappa shape index (κ2) is 8.34. The summed E-state index contributed by atoms with van der Waals surface area (Å²) in [5, 5.41) is 13.5. The molecular weight excluding hydrogens is 251 g/mol. The standard InChI is InChI=1S/C13H17FN2O3/c1-2-3-7-19-8-6-15-10-11-4-5-13(16(17)18)12(14)9-11/h2,4-5,9,15H,1,3,6-8,10H2. The third-order valence-corrected chi connectivity index (χ3v) is 2.43. The van der Waals surface area contributed by atoms with Crippen molar-refractivity contribution in [1.29, 1.82) is 0 Å². The number of ether oxygens (including phenoxy) is 1. The normalized spacial score (nSPS) is 10.4. The predicted molar refractivity (Wildman–Crippen MR) is 70.4 cm³/mol. The number of hydrogen-bond donors (Lipinski definition) is 1. The first kappa shape index (κ1) is 15.3. The van der Waals surface area contributed by atoms with E-state index in [9.17, 15) is 14.5 Å². The van der Waals surface area contributed by atoms with Crippen LogP contribution in [0.5, 0.6) is 0 Å². The van der Waals surface area contributed by atoms with E-state index in [-0.39, 0.29) is 0 Å². The molecule has 0 aliphatic heterocycles. The molecule has 0 spiro atoms. The maximum absolute atomic E-state index is 13.3. The van der Waals surface area contributed by atoms with Crippen molar-refractivity contribution in [3.63, 3.8) is 0 Å². The Kier molecular flexibility index (Phi) is 6.70. The Labute approximate surface area is 111 Å². The maximum atomic E-state index is 13.3. The molecule has 19 heavy (non-hydrogen) atoms. The lowest BCUT2D eigenvalue weighted by molar-refractivity contribution is -0.387. The van der Waals surface area contributed by atoms with Crippen LogP contribution in [0.3, 0.4) is 0 Å². The van der Waals surface area contributed by atoms with Crippen LogP contribution in [0.1, 0.15) is 12.0 Å². The van der Waals surface area contributed by atoms with E-state index in [0.29, 0.717) is 31.9 Å². The van der Waals surface area contributed by atoms with Crippen molar-refractivity contribution in [2.45, 2.75) is 13.0 Å². The molecule has 1 rings (SSSR count). The monoisotopic (exact) mass is 268 g/mol. The largest absolute Gasteiger partial charge is 0.380 e. The van der Waals surface area contributed by atoms with Crippen molar-refractivity contribution in [2.24, 2.45) is 0 Å². The summed E-state index contributed by atoms with van der Waals surface area (Å²) in [6.07, 6.45) is 2.60.